The van der Waals surface area contributed by atoms with E-state index in [9.17, 15) is 15.0 Å². The van der Waals surface area contributed by atoms with Crippen LogP contribution in [0.2, 0.25) is 0 Å². The molecular weight excluding hydrogens is 410 g/mol. The van der Waals surface area contributed by atoms with Crippen LogP contribution in [-0.4, -0.2) is 48.3 Å². The van der Waals surface area contributed by atoms with E-state index in [2.05, 4.69) is 27.9 Å². The average Bonchev–Trinajstić information content (AvgIpc) is 2.72. The lowest BCUT2D eigenvalue weighted by Gasteiger charge is -2.38. The highest BCUT2D eigenvalue weighted by molar-refractivity contribution is 5.64. The molecule has 0 saturated carbocycles. The smallest absolute Gasteiger partial charge is 0.113 e. The summed E-state index contributed by atoms with van der Waals surface area (Å²) in [5.74, 6) is -0.980. The topological polar surface area (TPSA) is 60.4 Å². The number of hydrogen-bond donors (Lipinski definition) is 1. The molecule has 0 aliphatic carbocycles. The van der Waals surface area contributed by atoms with E-state index in [0.29, 0.717) is 17.4 Å². The Bertz CT molecular complexity index is 452. The van der Waals surface area contributed by atoms with Crippen LogP contribution in [-0.2, 0) is 4.79 Å². The third-order valence-corrected chi connectivity index (χ3v) is 7.08. The molecule has 1 N–H and O–H groups in total. The lowest BCUT2D eigenvalue weighted by molar-refractivity contribution is -0.897. The number of likely N-dealkylation sites (N-methyl/N-ethyl adjacent to an activating group) is 1. The van der Waals surface area contributed by atoms with Crippen LogP contribution in [0.25, 0.3) is 0 Å². The molecule has 0 fully saturated rings. The zero-order valence-corrected chi connectivity index (χ0v) is 23.0. The SMILES string of the molecule is CCCCCCCCCCCCCCCCCCC(O)(CCC)C[N+](C)(C)CCCC(=O)[O-]. The van der Waals surface area contributed by atoms with Crippen molar-refractivity contribution in [2.45, 2.75) is 154 Å². The summed E-state index contributed by atoms with van der Waals surface area (Å²) in [6.45, 7) is 5.88. The molecule has 0 amide bonds. The number of carbonyl (C=O) groups is 1. The second-order valence-electron chi connectivity index (χ2n) is 11.3. The van der Waals surface area contributed by atoms with Crippen molar-refractivity contribution in [1.82, 2.24) is 0 Å². The Morgan fingerprint density at radius 3 is 1.48 bits per heavy atom. The predicted molar refractivity (Wildman–Crippen MR) is 140 cm³/mol. The zero-order chi connectivity index (χ0) is 24.8. The maximum atomic E-state index is 11.2. The molecule has 0 aliphatic rings. The van der Waals surface area contributed by atoms with E-state index in [1.165, 1.54) is 96.3 Å². The van der Waals surface area contributed by atoms with E-state index in [1.807, 2.05) is 0 Å². The van der Waals surface area contributed by atoms with E-state index in [4.69, 9.17) is 0 Å². The van der Waals surface area contributed by atoms with Gasteiger partial charge in [-0.25, -0.2) is 0 Å². The van der Waals surface area contributed by atoms with Gasteiger partial charge in [0.15, 0.2) is 0 Å². The number of carboxylic acid groups (broad SMARTS) is 1. The zero-order valence-electron chi connectivity index (χ0n) is 23.0. The molecule has 0 aromatic heterocycles. The van der Waals surface area contributed by atoms with Crippen molar-refractivity contribution in [2.75, 3.05) is 27.2 Å². The molecule has 4 nitrogen and oxygen atoms in total. The first kappa shape index (κ1) is 32.4. The molecule has 0 heterocycles. The van der Waals surface area contributed by atoms with Crippen molar-refractivity contribution < 1.29 is 19.5 Å². The summed E-state index contributed by atoms with van der Waals surface area (Å²) in [5.41, 5.74) is -0.629. The molecule has 1 atom stereocenters. The van der Waals surface area contributed by atoms with E-state index in [-0.39, 0.29) is 6.42 Å². The number of aliphatic carboxylic acids is 1. The summed E-state index contributed by atoms with van der Waals surface area (Å²) in [4.78, 5) is 10.7. The first-order chi connectivity index (χ1) is 15.7. The first-order valence-corrected chi connectivity index (χ1v) is 14.5. The van der Waals surface area contributed by atoms with Crippen LogP contribution in [0.1, 0.15) is 149 Å². The lowest BCUT2D eigenvalue weighted by Crippen LogP contribution is -2.52. The van der Waals surface area contributed by atoms with Crippen molar-refractivity contribution in [3.05, 3.63) is 0 Å². The van der Waals surface area contributed by atoms with Crippen LogP contribution in [0.5, 0.6) is 0 Å². The minimum atomic E-state index is -0.980. The molecule has 0 bridgehead atoms. The standard InChI is InChI=1S/C29H59NO3/c1-5-7-8-9-10-11-12-13-14-15-16-17-18-19-20-21-25-29(33,24-6-2)27-30(3,4)26-22-23-28(31)32/h33H,5-27H2,1-4H3. The largest absolute Gasteiger partial charge is 0.550 e. The van der Waals surface area contributed by atoms with Gasteiger partial charge in [0.25, 0.3) is 0 Å². The second kappa shape index (κ2) is 20.7. The molecule has 33 heavy (non-hydrogen) atoms. The summed E-state index contributed by atoms with van der Waals surface area (Å²) >= 11 is 0. The number of aliphatic hydroxyl groups is 1. The number of carboxylic acids is 1. The highest BCUT2D eigenvalue weighted by Crippen LogP contribution is 2.25. The van der Waals surface area contributed by atoms with Gasteiger partial charge < -0.3 is 19.5 Å². The monoisotopic (exact) mass is 469 g/mol. The molecule has 0 aromatic rings. The highest BCUT2D eigenvalue weighted by Gasteiger charge is 2.33. The van der Waals surface area contributed by atoms with Crippen molar-refractivity contribution in [1.29, 1.82) is 0 Å². The van der Waals surface area contributed by atoms with Gasteiger partial charge in [-0.15, -0.1) is 0 Å². The Morgan fingerprint density at radius 2 is 1.09 bits per heavy atom. The fourth-order valence-electron chi connectivity index (χ4n) is 5.28. The van der Waals surface area contributed by atoms with Gasteiger partial charge in [0, 0.05) is 12.4 Å². The summed E-state index contributed by atoms with van der Waals surface area (Å²) < 4.78 is 0.669. The fraction of sp³-hybridized carbons (Fsp3) is 0.966. The number of nitrogens with zero attached hydrogens (tertiary/aromatic N) is 1. The quantitative estimate of drug-likeness (QED) is 0.118. The highest BCUT2D eigenvalue weighted by atomic mass is 16.4. The van der Waals surface area contributed by atoms with E-state index in [1.54, 1.807) is 0 Å². The third kappa shape index (κ3) is 21.6. The van der Waals surface area contributed by atoms with Crippen LogP contribution in [0.4, 0.5) is 0 Å². The van der Waals surface area contributed by atoms with Gasteiger partial charge in [-0.2, -0.15) is 0 Å². The predicted octanol–water partition coefficient (Wildman–Crippen LogP) is 6.78. The number of carbonyl (C=O) groups excluding carboxylic acids is 1. The van der Waals surface area contributed by atoms with Gasteiger partial charge in [0.1, 0.15) is 12.1 Å². The Kier molecular flexibility index (Phi) is 20.4. The van der Waals surface area contributed by atoms with Crippen LogP contribution < -0.4 is 5.11 Å². The summed E-state index contributed by atoms with van der Waals surface area (Å²) in [7, 11) is 4.20. The Hall–Kier alpha value is -0.610. The van der Waals surface area contributed by atoms with Crippen molar-refractivity contribution >= 4 is 5.97 Å². The van der Waals surface area contributed by atoms with Crippen molar-refractivity contribution in [3.8, 4) is 0 Å². The number of quaternary nitrogens is 1. The van der Waals surface area contributed by atoms with E-state index in [0.717, 1.165) is 32.2 Å². The van der Waals surface area contributed by atoms with Gasteiger partial charge in [0.2, 0.25) is 0 Å². The second-order valence-corrected chi connectivity index (χ2v) is 11.3. The molecular formula is C29H59NO3. The van der Waals surface area contributed by atoms with Gasteiger partial charge >= 0.3 is 0 Å². The molecule has 4 heteroatoms. The maximum absolute atomic E-state index is 11.2. The Labute approximate surface area is 207 Å². The summed E-state index contributed by atoms with van der Waals surface area (Å²) in [6, 6.07) is 0. The molecule has 0 radical (unpaired) electrons. The lowest BCUT2D eigenvalue weighted by atomic mass is 9.89. The Balaban J connectivity index is 3.76. The van der Waals surface area contributed by atoms with Crippen LogP contribution in [0.3, 0.4) is 0 Å². The van der Waals surface area contributed by atoms with Crippen LogP contribution in [0.15, 0.2) is 0 Å². The van der Waals surface area contributed by atoms with E-state index >= 15 is 0 Å². The number of rotatable bonds is 25. The summed E-state index contributed by atoms with van der Waals surface area (Å²) in [5, 5.41) is 21.9. The maximum Gasteiger partial charge on any atom is 0.113 e. The van der Waals surface area contributed by atoms with Crippen molar-refractivity contribution in [2.24, 2.45) is 0 Å². The minimum absolute atomic E-state index is 0.104. The van der Waals surface area contributed by atoms with Crippen LogP contribution >= 0.6 is 0 Å². The normalized spacial score (nSPS) is 13.8. The molecule has 0 aliphatic heterocycles. The third-order valence-electron chi connectivity index (χ3n) is 7.08. The van der Waals surface area contributed by atoms with E-state index < -0.39 is 11.6 Å². The van der Waals surface area contributed by atoms with Crippen LogP contribution in [0, 0.1) is 0 Å². The average molecular weight is 470 g/mol. The van der Waals surface area contributed by atoms with Gasteiger partial charge in [0.05, 0.1) is 20.6 Å². The fourth-order valence-corrected chi connectivity index (χ4v) is 5.28. The van der Waals surface area contributed by atoms with Crippen molar-refractivity contribution in [3.63, 3.8) is 0 Å². The molecule has 0 rings (SSSR count). The molecule has 198 valence electrons. The molecule has 0 saturated heterocycles. The van der Waals surface area contributed by atoms with Gasteiger partial charge in [-0.1, -0.05) is 123 Å². The van der Waals surface area contributed by atoms with Gasteiger partial charge in [-0.3, -0.25) is 0 Å². The molecule has 0 spiro atoms. The molecule has 0 aromatic carbocycles. The number of unbranched alkanes of at least 4 members (excludes halogenated alkanes) is 15. The summed E-state index contributed by atoms with van der Waals surface area (Å²) in [6.07, 6.45) is 25.2. The van der Waals surface area contributed by atoms with Gasteiger partial charge in [-0.05, 0) is 19.3 Å². The number of hydrogen-bond acceptors (Lipinski definition) is 3. The first-order valence-electron chi connectivity index (χ1n) is 14.5. The Morgan fingerprint density at radius 1 is 0.667 bits per heavy atom. The minimum Gasteiger partial charge on any atom is -0.550 e. The molecule has 1 unspecified atom stereocenters.